The minimum atomic E-state index is 0. The molecule has 0 fully saturated rings. The summed E-state index contributed by atoms with van der Waals surface area (Å²) >= 11 is 0. The van der Waals surface area contributed by atoms with Crippen molar-refractivity contribution in [3.8, 4) is 0 Å². The normalized spacial score (nSPS) is 10.1. The molecule has 0 atom stereocenters. The van der Waals surface area contributed by atoms with Gasteiger partial charge in [0.05, 0.1) is 17.6 Å². The predicted molar refractivity (Wildman–Crippen MR) is 99.6 cm³/mol. The highest BCUT2D eigenvalue weighted by molar-refractivity contribution is 14.0. The zero-order valence-corrected chi connectivity index (χ0v) is 15.7. The highest BCUT2D eigenvalue weighted by Crippen LogP contribution is 2.15. The summed E-state index contributed by atoms with van der Waals surface area (Å²) in [6.45, 7) is 3.63. The van der Waals surface area contributed by atoms with Crippen LogP contribution in [0.3, 0.4) is 0 Å². The van der Waals surface area contributed by atoms with Gasteiger partial charge in [-0.25, -0.2) is 4.98 Å². The molecule has 0 bridgehead atoms. The molecule has 1 aromatic heterocycles. The molecule has 0 aliphatic rings. The molecule has 5 nitrogen and oxygen atoms in total. The zero-order chi connectivity index (χ0) is 14.7. The van der Waals surface area contributed by atoms with Gasteiger partial charge in [-0.1, -0.05) is 12.1 Å². The number of guanidine groups is 1. The van der Waals surface area contributed by atoms with Crippen molar-refractivity contribution in [1.82, 2.24) is 19.4 Å². The van der Waals surface area contributed by atoms with E-state index in [1.165, 1.54) is 5.52 Å². The largest absolute Gasteiger partial charge is 0.349 e. The van der Waals surface area contributed by atoms with E-state index in [9.17, 15) is 0 Å². The van der Waals surface area contributed by atoms with Crippen molar-refractivity contribution in [3.63, 3.8) is 0 Å². The van der Waals surface area contributed by atoms with Crippen molar-refractivity contribution in [2.75, 3.05) is 34.7 Å². The van der Waals surface area contributed by atoms with Gasteiger partial charge in [0.1, 0.15) is 5.82 Å². The zero-order valence-electron chi connectivity index (χ0n) is 13.4. The van der Waals surface area contributed by atoms with Crippen LogP contribution in [0.5, 0.6) is 0 Å². The Bertz CT molecular complexity index is 606. The Balaban J connectivity index is 0.00000220. The number of aliphatic imine (C=N–C) groups is 1. The molecule has 0 saturated carbocycles. The van der Waals surface area contributed by atoms with Crippen LogP contribution in [0.15, 0.2) is 29.3 Å². The second-order valence-corrected chi connectivity index (χ2v) is 5.27. The van der Waals surface area contributed by atoms with Crippen LogP contribution in [-0.4, -0.2) is 60.0 Å². The van der Waals surface area contributed by atoms with E-state index in [1.807, 2.05) is 63.1 Å². The third kappa shape index (κ3) is 4.09. The Labute approximate surface area is 143 Å². The van der Waals surface area contributed by atoms with E-state index < -0.39 is 0 Å². The van der Waals surface area contributed by atoms with Gasteiger partial charge >= 0.3 is 0 Å². The first-order valence-corrected chi connectivity index (χ1v) is 6.81. The first-order chi connectivity index (χ1) is 9.50. The summed E-state index contributed by atoms with van der Waals surface area (Å²) in [6.07, 6.45) is 0. The quantitative estimate of drug-likeness (QED) is 0.451. The topological polar surface area (TPSA) is 36.7 Å². The van der Waals surface area contributed by atoms with E-state index >= 15 is 0 Å². The van der Waals surface area contributed by atoms with Crippen LogP contribution in [0.1, 0.15) is 5.82 Å². The molecule has 2 rings (SSSR count). The lowest BCUT2D eigenvalue weighted by Crippen LogP contribution is -2.35. The number of aryl methyl sites for hydroxylation is 1. The average Bonchev–Trinajstić information content (AvgIpc) is 2.69. The number of rotatable bonds is 3. The third-order valence-electron chi connectivity index (χ3n) is 3.22. The number of benzene rings is 1. The first-order valence-electron chi connectivity index (χ1n) is 6.81. The molecular weight excluding hydrogens is 377 g/mol. The number of para-hydroxylation sites is 2. The van der Waals surface area contributed by atoms with Gasteiger partial charge in [0.25, 0.3) is 0 Å². The lowest BCUT2D eigenvalue weighted by molar-refractivity contribution is 0.477. The molecule has 1 heterocycles. The number of nitrogens with zero attached hydrogens (tertiary/aromatic N) is 5. The fourth-order valence-corrected chi connectivity index (χ4v) is 2.41. The maximum Gasteiger partial charge on any atom is 0.195 e. The summed E-state index contributed by atoms with van der Waals surface area (Å²) in [4.78, 5) is 13.3. The van der Waals surface area contributed by atoms with Crippen LogP contribution < -0.4 is 0 Å². The van der Waals surface area contributed by atoms with Crippen LogP contribution in [0.2, 0.25) is 0 Å². The second kappa shape index (κ2) is 7.63. The van der Waals surface area contributed by atoms with Crippen LogP contribution in [0, 0.1) is 6.92 Å². The lowest BCUT2D eigenvalue weighted by atomic mass is 10.3. The number of halogens is 1. The minimum absolute atomic E-state index is 0. The smallest absolute Gasteiger partial charge is 0.195 e. The number of hydrogen-bond donors (Lipinski definition) is 0. The van der Waals surface area contributed by atoms with Gasteiger partial charge in [0.15, 0.2) is 5.96 Å². The summed E-state index contributed by atoms with van der Waals surface area (Å²) < 4.78 is 2.22. The van der Waals surface area contributed by atoms with Gasteiger partial charge in [-0.05, 0) is 19.1 Å². The summed E-state index contributed by atoms with van der Waals surface area (Å²) in [5.41, 5.74) is 2.23. The molecule has 0 unspecified atom stereocenters. The molecule has 0 N–H and O–H groups in total. The lowest BCUT2D eigenvalue weighted by Gasteiger charge is -2.22. The Morgan fingerprint density at radius 2 is 1.76 bits per heavy atom. The van der Waals surface area contributed by atoms with Gasteiger partial charge in [0, 0.05) is 34.7 Å². The Morgan fingerprint density at radius 1 is 1.14 bits per heavy atom. The SMILES string of the molecule is Cc1nc2ccccc2n1CCN=C(N(C)C)N(C)C.I. The monoisotopic (exact) mass is 401 g/mol. The van der Waals surface area contributed by atoms with E-state index in [0.29, 0.717) is 0 Å². The van der Waals surface area contributed by atoms with E-state index in [0.717, 1.165) is 30.4 Å². The van der Waals surface area contributed by atoms with Crippen molar-refractivity contribution in [1.29, 1.82) is 0 Å². The highest BCUT2D eigenvalue weighted by atomic mass is 127. The maximum atomic E-state index is 4.67. The number of hydrogen-bond acceptors (Lipinski definition) is 2. The third-order valence-corrected chi connectivity index (χ3v) is 3.22. The molecule has 1 aromatic carbocycles. The minimum Gasteiger partial charge on any atom is -0.349 e. The Kier molecular flexibility index (Phi) is 6.44. The molecule has 0 saturated heterocycles. The Morgan fingerprint density at radius 3 is 2.38 bits per heavy atom. The van der Waals surface area contributed by atoms with Gasteiger partial charge in [0.2, 0.25) is 0 Å². The molecule has 0 aliphatic heterocycles. The van der Waals surface area contributed by atoms with Crippen molar-refractivity contribution >= 4 is 41.0 Å². The molecule has 21 heavy (non-hydrogen) atoms. The maximum absolute atomic E-state index is 4.67. The van der Waals surface area contributed by atoms with Crippen LogP contribution in [0.4, 0.5) is 0 Å². The van der Waals surface area contributed by atoms with Crippen molar-refractivity contribution in [3.05, 3.63) is 30.1 Å². The second-order valence-electron chi connectivity index (χ2n) is 5.27. The fraction of sp³-hybridized carbons (Fsp3) is 0.467. The van der Waals surface area contributed by atoms with Crippen molar-refractivity contribution in [2.45, 2.75) is 13.5 Å². The standard InChI is InChI=1S/C15H23N5.HI/c1-12-17-13-8-6-7-9-14(13)20(12)11-10-16-15(18(2)3)19(4)5;/h6-9H,10-11H2,1-5H3;1H. The molecule has 6 heteroatoms. The fourth-order valence-electron chi connectivity index (χ4n) is 2.41. The number of imidazole rings is 1. The van der Waals surface area contributed by atoms with Crippen LogP contribution in [-0.2, 0) is 6.54 Å². The van der Waals surface area contributed by atoms with E-state index in [1.54, 1.807) is 0 Å². The van der Waals surface area contributed by atoms with Crippen LogP contribution >= 0.6 is 24.0 Å². The van der Waals surface area contributed by atoms with Gasteiger partial charge < -0.3 is 14.4 Å². The van der Waals surface area contributed by atoms with E-state index in [-0.39, 0.29) is 24.0 Å². The van der Waals surface area contributed by atoms with E-state index in [2.05, 4.69) is 20.6 Å². The molecule has 0 radical (unpaired) electrons. The number of fused-ring (bicyclic) bond motifs is 1. The average molecular weight is 401 g/mol. The Hall–Kier alpha value is -1.31. The van der Waals surface area contributed by atoms with Crippen LogP contribution in [0.25, 0.3) is 11.0 Å². The predicted octanol–water partition coefficient (Wildman–Crippen LogP) is 2.44. The summed E-state index contributed by atoms with van der Waals surface area (Å²) in [5, 5.41) is 0. The molecule has 2 aromatic rings. The molecule has 0 aliphatic carbocycles. The molecule has 116 valence electrons. The van der Waals surface area contributed by atoms with Crippen molar-refractivity contribution in [2.24, 2.45) is 4.99 Å². The molecule has 0 spiro atoms. The highest BCUT2D eigenvalue weighted by Gasteiger charge is 2.07. The number of aromatic nitrogens is 2. The summed E-state index contributed by atoms with van der Waals surface area (Å²) in [7, 11) is 8.04. The van der Waals surface area contributed by atoms with Gasteiger partial charge in [-0.2, -0.15) is 0 Å². The molecular formula is C15H24IN5. The summed E-state index contributed by atoms with van der Waals surface area (Å²) in [5.74, 6) is 2.02. The summed E-state index contributed by atoms with van der Waals surface area (Å²) in [6, 6.07) is 8.23. The van der Waals surface area contributed by atoms with Gasteiger partial charge in [-0.3, -0.25) is 4.99 Å². The molecule has 0 amide bonds. The van der Waals surface area contributed by atoms with E-state index in [4.69, 9.17) is 0 Å². The van der Waals surface area contributed by atoms with Crippen molar-refractivity contribution < 1.29 is 0 Å². The first kappa shape index (κ1) is 17.7. The van der Waals surface area contributed by atoms with Gasteiger partial charge in [-0.15, -0.1) is 24.0 Å².